The highest BCUT2D eigenvalue weighted by atomic mass is 16.5. The molecule has 0 aromatic heterocycles. The Morgan fingerprint density at radius 1 is 1.26 bits per heavy atom. The first-order valence-electron chi connectivity index (χ1n) is 6.33. The summed E-state index contributed by atoms with van der Waals surface area (Å²) in [6.07, 6.45) is -0.249. The molecule has 1 heterocycles. The quantitative estimate of drug-likeness (QED) is 0.647. The minimum absolute atomic E-state index is 0.0509. The van der Waals surface area contributed by atoms with Gasteiger partial charge in [0.2, 0.25) is 5.91 Å². The molecule has 0 aromatic rings. The van der Waals surface area contributed by atoms with Gasteiger partial charge in [0.25, 0.3) is 0 Å². The number of carbonyl (C=O) groups is 3. The van der Waals surface area contributed by atoms with Gasteiger partial charge in [-0.15, -0.1) is 0 Å². The maximum atomic E-state index is 12.1. The van der Waals surface area contributed by atoms with Crippen molar-refractivity contribution in [3.05, 3.63) is 0 Å². The maximum Gasteiger partial charge on any atom is 0.318 e. The lowest BCUT2D eigenvalue weighted by molar-refractivity contribution is -0.161. The Morgan fingerprint density at radius 3 is 2.21 bits per heavy atom. The molecule has 0 aromatic carbocycles. The van der Waals surface area contributed by atoms with Gasteiger partial charge < -0.3 is 15.4 Å². The molecule has 1 fully saturated rings. The third-order valence-electron chi connectivity index (χ3n) is 2.87. The molecule has 1 aliphatic heterocycles. The Bertz CT molecular complexity index is 362. The molecule has 108 valence electrons. The van der Waals surface area contributed by atoms with Gasteiger partial charge in [0.1, 0.15) is 0 Å². The van der Waals surface area contributed by atoms with Gasteiger partial charge in [-0.3, -0.25) is 19.3 Å². The van der Waals surface area contributed by atoms with E-state index < -0.39 is 17.7 Å². The number of hydrogen-bond donors (Lipinski definition) is 1. The van der Waals surface area contributed by atoms with Crippen LogP contribution in [-0.2, 0) is 19.1 Å². The summed E-state index contributed by atoms with van der Waals surface area (Å²) in [5, 5.41) is 0. The highest BCUT2D eigenvalue weighted by molar-refractivity contribution is 6.37. The molecule has 2 unspecified atom stereocenters. The Balaban J connectivity index is 2.74. The predicted octanol–water partition coefficient (Wildman–Crippen LogP) is -1.04. The molecular weight excluding hydrogens is 250 g/mol. The van der Waals surface area contributed by atoms with Gasteiger partial charge in [-0.25, -0.2) is 0 Å². The van der Waals surface area contributed by atoms with Crippen LogP contribution < -0.4 is 5.73 Å². The summed E-state index contributed by atoms with van der Waals surface area (Å²) in [7, 11) is 0. The number of rotatable bonds is 2. The molecule has 7 nitrogen and oxygen atoms in total. The summed E-state index contributed by atoms with van der Waals surface area (Å²) in [4.78, 5) is 37.8. The lowest BCUT2D eigenvalue weighted by atomic mass is 10.2. The number of ether oxygens (including phenoxy) is 1. The lowest BCUT2D eigenvalue weighted by Gasteiger charge is -2.35. The van der Waals surface area contributed by atoms with Crippen LogP contribution in [0.15, 0.2) is 0 Å². The molecule has 0 spiro atoms. The van der Waals surface area contributed by atoms with Crippen molar-refractivity contribution in [3.8, 4) is 0 Å². The number of amides is 3. The Morgan fingerprint density at radius 2 is 1.79 bits per heavy atom. The molecule has 0 bridgehead atoms. The largest absolute Gasteiger partial charge is 0.372 e. The van der Waals surface area contributed by atoms with Crippen molar-refractivity contribution >= 4 is 17.7 Å². The van der Waals surface area contributed by atoms with Crippen molar-refractivity contribution in [1.29, 1.82) is 0 Å². The molecular formula is C12H21N3O4. The number of nitrogens with zero attached hydrogens (tertiary/aromatic N) is 2. The van der Waals surface area contributed by atoms with E-state index >= 15 is 0 Å². The predicted molar refractivity (Wildman–Crippen MR) is 68.0 cm³/mol. The van der Waals surface area contributed by atoms with E-state index in [1.807, 2.05) is 13.8 Å². The van der Waals surface area contributed by atoms with Crippen LogP contribution in [0.4, 0.5) is 0 Å². The fraction of sp³-hybridized carbons (Fsp3) is 0.750. The fourth-order valence-electron chi connectivity index (χ4n) is 2.13. The highest BCUT2D eigenvalue weighted by Gasteiger charge is 2.33. The van der Waals surface area contributed by atoms with Crippen molar-refractivity contribution in [2.24, 2.45) is 5.73 Å². The summed E-state index contributed by atoms with van der Waals surface area (Å²) >= 11 is 0. The van der Waals surface area contributed by atoms with E-state index in [9.17, 15) is 14.4 Å². The van der Waals surface area contributed by atoms with E-state index in [1.165, 1.54) is 11.8 Å². The number of nitrogens with two attached hydrogens (primary N) is 1. The normalized spacial score (nSPS) is 23.1. The van der Waals surface area contributed by atoms with Crippen LogP contribution in [0.3, 0.4) is 0 Å². The van der Waals surface area contributed by atoms with Crippen LogP contribution in [0, 0.1) is 0 Å². The third kappa shape index (κ3) is 4.00. The SMILES string of the molecule is CC(=O)N(CCN)C(=O)C(=O)N1CC(C)OC(C)C1. The molecule has 7 heteroatoms. The first-order chi connectivity index (χ1) is 8.86. The smallest absolute Gasteiger partial charge is 0.318 e. The molecule has 19 heavy (non-hydrogen) atoms. The molecule has 3 amide bonds. The van der Waals surface area contributed by atoms with Gasteiger partial charge in [0.15, 0.2) is 0 Å². The summed E-state index contributed by atoms with van der Waals surface area (Å²) in [5.41, 5.74) is 5.34. The third-order valence-corrected chi connectivity index (χ3v) is 2.87. The second-order valence-electron chi connectivity index (χ2n) is 4.73. The molecule has 0 radical (unpaired) electrons. The zero-order valence-electron chi connectivity index (χ0n) is 11.6. The van der Waals surface area contributed by atoms with Gasteiger partial charge >= 0.3 is 11.8 Å². The zero-order chi connectivity index (χ0) is 14.6. The van der Waals surface area contributed by atoms with E-state index in [0.717, 1.165) is 4.90 Å². The van der Waals surface area contributed by atoms with E-state index in [2.05, 4.69) is 0 Å². The van der Waals surface area contributed by atoms with Crippen molar-refractivity contribution in [3.63, 3.8) is 0 Å². The van der Waals surface area contributed by atoms with Crippen LogP contribution in [0.1, 0.15) is 20.8 Å². The van der Waals surface area contributed by atoms with E-state index in [0.29, 0.717) is 13.1 Å². The van der Waals surface area contributed by atoms with Gasteiger partial charge in [-0.05, 0) is 13.8 Å². The number of hydrogen-bond acceptors (Lipinski definition) is 5. The Labute approximate surface area is 112 Å². The molecule has 2 atom stereocenters. The van der Waals surface area contributed by atoms with Crippen LogP contribution >= 0.6 is 0 Å². The summed E-state index contributed by atoms with van der Waals surface area (Å²) in [5.74, 6) is -1.97. The van der Waals surface area contributed by atoms with Gasteiger partial charge in [-0.1, -0.05) is 0 Å². The van der Waals surface area contributed by atoms with Crippen molar-refractivity contribution in [2.45, 2.75) is 33.0 Å². The van der Waals surface area contributed by atoms with Gasteiger partial charge in [0, 0.05) is 33.1 Å². The van der Waals surface area contributed by atoms with Crippen molar-refractivity contribution in [2.75, 3.05) is 26.2 Å². The van der Waals surface area contributed by atoms with E-state index in [4.69, 9.17) is 10.5 Å². The molecule has 1 saturated heterocycles. The summed E-state index contributed by atoms with van der Waals surface area (Å²) in [6, 6.07) is 0. The molecule has 0 aliphatic carbocycles. The van der Waals surface area contributed by atoms with Crippen LogP contribution in [0.5, 0.6) is 0 Å². The van der Waals surface area contributed by atoms with E-state index in [-0.39, 0.29) is 25.3 Å². The second kappa shape index (κ2) is 6.63. The summed E-state index contributed by atoms with van der Waals surface area (Å²) in [6.45, 7) is 5.80. The number of carbonyl (C=O) groups excluding carboxylic acids is 3. The lowest BCUT2D eigenvalue weighted by Crippen LogP contribution is -2.54. The fourth-order valence-corrected chi connectivity index (χ4v) is 2.13. The first-order valence-corrected chi connectivity index (χ1v) is 6.33. The molecule has 1 aliphatic rings. The first kappa shape index (κ1) is 15.6. The number of morpholine rings is 1. The van der Waals surface area contributed by atoms with Gasteiger partial charge in [-0.2, -0.15) is 0 Å². The highest BCUT2D eigenvalue weighted by Crippen LogP contribution is 2.11. The standard InChI is InChI=1S/C12H21N3O4/c1-8-6-14(7-9(2)19-8)11(17)12(18)15(5-4-13)10(3)16/h8-9H,4-7,13H2,1-3H3. The maximum absolute atomic E-state index is 12.1. The van der Waals surface area contributed by atoms with Crippen molar-refractivity contribution < 1.29 is 19.1 Å². The minimum atomic E-state index is -0.820. The topological polar surface area (TPSA) is 92.9 Å². The average Bonchev–Trinajstić information content (AvgIpc) is 2.32. The van der Waals surface area contributed by atoms with Crippen LogP contribution in [0.25, 0.3) is 0 Å². The van der Waals surface area contributed by atoms with Crippen LogP contribution in [0.2, 0.25) is 0 Å². The van der Waals surface area contributed by atoms with Gasteiger partial charge in [0.05, 0.1) is 12.2 Å². The minimum Gasteiger partial charge on any atom is -0.372 e. The Kier molecular flexibility index (Phi) is 5.44. The molecule has 0 saturated carbocycles. The number of imide groups is 1. The molecule has 1 rings (SSSR count). The summed E-state index contributed by atoms with van der Waals surface area (Å²) < 4.78 is 5.50. The molecule has 2 N–H and O–H groups in total. The second-order valence-corrected chi connectivity index (χ2v) is 4.73. The van der Waals surface area contributed by atoms with Crippen LogP contribution in [-0.4, -0.2) is 65.9 Å². The Hall–Kier alpha value is -1.47. The monoisotopic (exact) mass is 271 g/mol. The average molecular weight is 271 g/mol. The van der Waals surface area contributed by atoms with Crippen molar-refractivity contribution in [1.82, 2.24) is 9.80 Å². The zero-order valence-corrected chi connectivity index (χ0v) is 11.6. The van der Waals surface area contributed by atoms with E-state index in [1.54, 1.807) is 0 Å².